The fraction of sp³-hybridized carbons (Fsp3) is 0.286. The van der Waals surface area contributed by atoms with Gasteiger partial charge in [-0.25, -0.2) is 9.38 Å². The van der Waals surface area contributed by atoms with E-state index >= 15 is 0 Å². The van der Waals surface area contributed by atoms with Crippen molar-refractivity contribution in [3.8, 4) is 0 Å². The molecular formula is C21H20Cl2FN5O. The SMILES string of the molecule is CC1(N=C(NC(=O)c2cccc(Cl)c2)Nc2n[nH]c3cc(Cl)c(F)cc23)CCCC1. The molecule has 0 bridgehead atoms. The molecule has 1 amide bonds. The topological polar surface area (TPSA) is 82.2 Å². The van der Waals surface area contributed by atoms with Gasteiger partial charge in [-0.05, 0) is 50.1 Å². The van der Waals surface area contributed by atoms with Crippen molar-refractivity contribution in [2.45, 2.75) is 38.1 Å². The Morgan fingerprint density at radius 2 is 2.00 bits per heavy atom. The average molecular weight is 448 g/mol. The van der Waals surface area contributed by atoms with Crippen LogP contribution in [-0.4, -0.2) is 27.6 Å². The zero-order chi connectivity index (χ0) is 21.3. The summed E-state index contributed by atoms with van der Waals surface area (Å²) in [5.41, 5.74) is 0.666. The van der Waals surface area contributed by atoms with E-state index in [-0.39, 0.29) is 22.4 Å². The van der Waals surface area contributed by atoms with Crippen LogP contribution < -0.4 is 10.6 Å². The molecule has 1 aromatic heterocycles. The third kappa shape index (κ3) is 4.42. The minimum absolute atomic E-state index is 0.000633. The van der Waals surface area contributed by atoms with Gasteiger partial charge in [0.05, 0.1) is 16.1 Å². The fourth-order valence-electron chi connectivity index (χ4n) is 3.63. The van der Waals surface area contributed by atoms with Crippen LogP contribution in [0.25, 0.3) is 10.9 Å². The Hall–Kier alpha value is -2.64. The predicted molar refractivity (Wildman–Crippen MR) is 118 cm³/mol. The lowest BCUT2D eigenvalue weighted by Crippen LogP contribution is -2.38. The molecule has 0 spiro atoms. The number of nitrogens with zero attached hydrogens (tertiary/aromatic N) is 2. The van der Waals surface area contributed by atoms with Gasteiger partial charge in [0.2, 0.25) is 5.96 Å². The van der Waals surface area contributed by atoms with E-state index in [9.17, 15) is 9.18 Å². The third-order valence-corrected chi connectivity index (χ3v) is 5.75. The molecule has 3 N–H and O–H groups in total. The standard InChI is InChI=1S/C21H20Cl2FN5O/c1-21(7-2-3-8-21)27-20(26-19(30)12-5-4-6-13(22)9-12)25-18-14-10-16(24)15(23)11-17(14)28-29-18/h4-6,9-11H,2-3,7-8H2,1H3,(H3,25,26,27,28,29,30). The summed E-state index contributed by atoms with van der Waals surface area (Å²) >= 11 is 11.9. The molecule has 0 radical (unpaired) electrons. The first-order valence-corrected chi connectivity index (χ1v) is 10.4. The Labute approximate surface area is 182 Å². The lowest BCUT2D eigenvalue weighted by molar-refractivity contribution is 0.0976. The Morgan fingerprint density at radius 1 is 1.23 bits per heavy atom. The van der Waals surface area contributed by atoms with Crippen molar-refractivity contribution in [3.05, 3.63) is 57.8 Å². The van der Waals surface area contributed by atoms with Crippen molar-refractivity contribution in [2.75, 3.05) is 5.32 Å². The van der Waals surface area contributed by atoms with Crippen LogP contribution >= 0.6 is 23.2 Å². The van der Waals surface area contributed by atoms with E-state index in [4.69, 9.17) is 28.2 Å². The maximum atomic E-state index is 14.0. The van der Waals surface area contributed by atoms with Gasteiger partial charge in [-0.1, -0.05) is 42.1 Å². The first-order chi connectivity index (χ1) is 14.3. The Kier molecular flexibility index (Phi) is 5.66. The molecule has 0 atom stereocenters. The molecule has 9 heteroatoms. The molecule has 0 saturated heterocycles. The Balaban J connectivity index is 1.67. The monoisotopic (exact) mass is 447 g/mol. The van der Waals surface area contributed by atoms with Crippen LogP contribution in [0.5, 0.6) is 0 Å². The first-order valence-electron chi connectivity index (χ1n) is 9.60. The summed E-state index contributed by atoms with van der Waals surface area (Å²) in [6.45, 7) is 2.05. The number of benzene rings is 2. The molecule has 1 aliphatic carbocycles. The molecule has 0 unspecified atom stereocenters. The molecule has 6 nitrogen and oxygen atoms in total. The van der Waals surface area contributed by atoms with Crippen molar-refractivity contribution < 1.29 is 9.18 Å². The van der Waals surface area contributed by atoms with Gasteiger partial charge in [0.15, 0.2) is 5.82 Å². The molecule has 4 rings (SSSR count). The largest absolute Gasteiger partial charge is 0.309 e. The van der Waals surface area contributed by atoms with Gasteiger partial charge in [-0.15, -0.1) is 0 Å². The molecule has 1 saturated carbocycles. The highest BCUT2D eigenvalue weighted by Gasteiger charge is 2.29. The van der Waals surface area contributed by atoms with Crippen molar-refractivity contribution in [1.82, 2.24) is 15.5 Å². The van der Waals surface area contributed by atoms with Crippen LogP contribution in [-0.2, 0) is 0 Å². The van der Waals surface area contributed by atoms with Crippen LogP contribution in [0.15, 0.2) is 41.4 Å². The van der Waals surface area contributed by atoms with E-state index in [0.717, 1.165) is 25.7 Å². The van der Waals surface area contributed by atoms with Crippen LogP contribution in [0.4, 0.5) is 10.2 Å². The molecule has 1 fully saturated rings. The summed E-state index contributed by atoms with van der Waals surface area (Å²) in [4.78, 5) is 17.6. The summed E-state index contributed by atoms with van der Waals surface area (Å²) in [6, 6.07) is 9.39. The van der Waals surface area contributed by atoms with Crippen molar-refractivity contribution in [2.24, 2.45) is 4.99 Å². The number of aromatic nitrogens is 2. The molecule has 3 aromatic rings. The zero-order valence-electron chi connectivity index (χ0n) is 16.2. The summed E-state index contributed by atoms with van der Waals surface area (Å²) in [6.07, 6.45) is 3.97. The molecule has 156 valence electrons. The predicted octanol–water partition coefficient (Wildman–Crippen LogP) is 5.54. The van der Waals surface area contributed by atoms with Crippen LogP contribution in [0.1, 0.15) is 43.0 Å². The summed E-state index contributed by atoms with van der Waals surface area (Å²) < 4.78 is 14.0. The maximum absolute atomic E-state index is 14.0. The number of nitrogens with one attached hydrogen (secondary N) is 3. The number of aromatic amines is 1. The van der Waals surface area contributed by atoms with E-state index in [0.29, 0.717) is 27.3 Å². The highest BCUT2D eigenvalue weighted by atomic mass is 35.5. The first kappa shape index (κ1) is 20.6. The van der Waals surface area contributed by atoms with E-state index < -0.39 is 5.82 Å². The van der Waals surface area contributed by atoms with Gasteiger partial charge >= 0.3 is 0 Å². The number of hydrogen-bond acceptors (Lipinski definition) is 3. The van der Waals surface area contributed by atoms with E-state index in [2.05, 4.69) is 27.8 Å². The van der Waals surface area contributed by atoms with Crippen LogP contribution in [0.3, 0.4) is 0 Å². The van der Waals surface area contributed by atoms with Gasteiger partial charge < -0.3 is 5.32 Å². The highest BCUT2D eigenvalue weighted by molar-refractivity contribution is 6.31. The van der Waals surface area contributed by atoms with E-state index in [1.807, 2.05) is 0 Å². The summed E-state index contributed by atoms with van der Waals surface area (Å²) in [5.74, 6) is -0.335. The summed E-state index contributed by atoms with van der Waals surface area (Å²) in [5, 5.41) is 13.8. The number of guanidine groups is 1. The number of carbonyl (C=O) groups is 1. The number of rotatable bonds is 3. The van der Waals surface area contributed by atoms with Gasteiger partial charge in [0.1, 0.15) is 5.82 Å². The normalized spacial score (nSPS) is 16.1. The Bertz CT molecular complexity index is 1140. The summed E-state index contributed by atoms with van der Waals surface area (Å²) in [7, 11) is 0. The maximum Gasteiger partial charge on any atom is 0.258 e. The van der Waals surface area contributed by atoms with Crippen molar-refractivity contribution >= 4 is 51.8 Å². The molecule has 1 heterocycles. The molecular weight excluding hydrogens is 428 g/mol. The second-order valence-electron chi connectivity index (χ2n) is 7.64. The lowest BCUT2D eigenvalue weighted by atomic mass is 10.0. The van der Waals surface area contributed by atoms with E-state index in [1.54, 1.807) is 24.3 Å². The van der Waals surface area contributed by atoms with Crippen LogP contribution in [0, 0.1) is 5.82 Å². The fourth-order valence-corrected chi connectivity index (χ4v) is 3.99. The Morgan fingerprint density at radius 3 is 2.73 bits per heavy atom. The van der Waals surface area contributed by atoms with Gasteiger partial charge in [0, 0.05) is 16.0 Å². The second-order valence-corrected chi connectivity index (χ2v) is 8.48. The van der Waals surface area contributed by atoms with Crippen molar-refractivity contribution in [1.29, 1.82) is 0 Å². The smallest absolute Gasteiger partial charge is 0.258 e. The molecule has 0 aliphatic heterocycles. The number of carbonyl (C=O) groups excluding carboxylic acids is 1. The van der Waals surface area contributed by atoms with Crippen molar-refractivity contribution in [3.63, 3.8) is 0 Å². The van der Waals surface area contributed by atoms with E-state index in [1.165, 1.54) is 12.1 Å². The zero-order valence-corrected chi connectivity index (χ0v) is 17.7. The third-order valence-electron chi connectivity index (χ3n) is 5.22. The van der Waals surface area contributed by atoms with Gasteiger partial charge in [0.25, 0.3) is 5.91 Å². The molecule has 1 aliphatic rings. The van der Waals surface area contributed by atoms with Gasteiger partial charge in [-0.2, -0.15) is 5.10 Å². The number of anilines is 1. The quantitative estimate of drug-likeness (QED) is 0.364. The average Bonchev–Trinajstić information content (AvgIpc) is 3.29. The molecule has 30 heavy (non-hydrogen) atoms. The second kappa shape index (κ2) is 8.24. The number of amides is 1. The van der Waals surface area contributed by atoms with Gasteiger partial charge in [-0.3, -0.25) is 15.2 Å². The lowest BCUT2D eigenvalue weighted by Gasteiger charge is -2.21. The minimum atomic E-state index is -0.558. The minimum Gasteiger partial charge on any atom is -0.309 e. The number of fused-ring (bicyclic) bond motifs is 1. The number of hydrogen-bond donors (Lipinski definition) is 3. The highest BCUT2D eigenvalue weighted by Crippen LogP contribution is 2.33. The number of halogens is 3. The van der Waals surface area contributed by atoms with Crippen LogP contribution in [0.2, 0.25) is 10.0 Å². The number of H-pyrrole nitrogens is 1. The molecule has 2 aromatic carbocycles. The number of aliphatic imine (C=N–C) groups is 1.